The number of rotatable bonds is 3. The summed E-state index contributed by atoms with van der Waals surface area (Å²) < 4.78 is 45.4. The first-order valence-electron chi connectivity index (χ1n) is 12.4. The molecular weight excluding hydrogens is 485 g/mol. The van der Waals surface area contributed by atoms with E-state index in [-0.39, 0.29) is 17.5 Å². The second-order valence-electron chi connectivity index (χ2n) is 9.74. The zero-order valence-corrected chi connectivity index (χ0v) is 20.5. The third-order valence-corrected chi connectivity index (χ3v) is 7.14. The molecule has 37 heavy (non-hydrogen) atoms. The third-order valence-electron chi connectivity index (χ3n) is 7.14. The van der Waals surface area contributed by atoms with Crippen LogP contribution in [0.1, 0.15) is 29.5 Å². The van der Waals surface area contributed by atoms with E-state index in [9.17, 15) is 22.8 Å². The summed E-state index contributed by atoms with van der Waals surface area (Å²) in [5.41, 5.74) is 2.11. The Kier molecular flexibility index (Phi) is 6.96. The summed E-state index contributed by atoms with van der Waals surface area (Å²) in [5.74, 6) is -0.188. The third kappa shape index (κ3) is 5.65. The van der Waals surface area contributed by atoms with E-state index in [0.29, 0.717) is 48.6 Å². The number of carbonyl (C=O) groups excluding carboxylic acids is 2. The van der Waals surface area contributed by atoms with Crippen LogP contribution in [0.3, 0.4) is 0 Å². The van der Waals surface area contributed by atoms with Crippen LogP contribution < -0.4 is 15.4 Å². The summed E-state index contributed by atoms with van der Waals surface area (Å²) in [6.07, 6.45) is -1.58. The van der Waals surface area contributed by atoms with Crippen LogP contribution in [-0.2, 0) is 22.2 Å². The molecule has 3 aliphatic heterocycles. The van der Waals surface area contributed by atoms with Crippen molar-refractivity contribution >= 4 is 28.8 Å². The molecule has 1 unspecified atom stereocenters. The predicted octanol–water partition coefficient (Wildman–Crippen LogP) is 4.01. The molecule has 0 spiro atoms. The van der Waals surface area contributed by atoms with Gasteiger partial charge in [0.1, 0.15) is 5.75 Å². The normalized spacial score (nSPS) is 21.9. The minimum absolute atomic E-state index is 0.0572. The van der Waals surface area contributed by atoms with Crippen molar-refractivity contribution in [1.82, 2.24) is 9.80 Å². The monoisotopic (exact) mass is 514 g/mol. The highest BCUT2D eigenvalue weighted by molar-refractivity contribution is 6.05. The number of alkyl halides is 3. The topological polar surface area (TPSA) is 73.9 Å². The van der Waals surface area contributed by atoms with Crippen molar-refractivity contribution in [2.45, 2.75) is 31.5 Å². The smallest absolute Gasteiger partial charge is 0.416 e. The van der Waals surface area contributed by atoms with Gasteiger partial charge in [-0.3, -0.25) is 14.5 Å². The summed E-state index contributed by atoms with van der Waals surface area (Å²) in [7, 11) is 2.07. The molecular formula is C27H29F3N4O3. The van der Waals surface area contributed by atoms with E-state index in [4.69, 9.17) is 4.74 Å². The number of hydrogen-bond donors (Lipinski definition) is 2. The van der Waals surface area contributed by atoms with Gasteiger partial charge in [-0.25, -0.2) is 0 Å². The first-order valence-corrected chi connectivity index (χ1v) is 12.4. The molecule has 1 atom stereocenters. The van der Waals surface area contributed by atoms with E-state index < -0.39 is 17.6 Å². The van der Waals surface area contributed by atoms with Gasteiger partial charge in [0, 0.05) is 49.2 Å². The molecule has 2 aromatic carbocycles. The average Bonchev–Trinajstić information content (AvgIpc) is 3.05. The van der Waals surface area contributed by atoms with Gasteiger partial charge in [0.2, 0.25) is 11.8 Å². The molecule has 3 aliphatic rings. The summed E-state index contributed by atoms with van der Waals surface area (Å²) in [5, 5.41) is 5.76. The molecule has 0 radical (unpaired) electrons. The fourth-order valence-corrected chi connectivity index (χ4v) is 5.04. The summed E-state index contributed by atoms with van der Waals surface area (Å²) in [4.78, 5) is 30.1. The number of halogens is 3. The number of benzene rings is 2. The number of anilines is 2. The van der Waals surface area contributed by atoms with Crippen LogP contribution in [0.25, 0.3) is 5.57 Å². The second-order valence-corrected chi connectivity index (χ2v) is 9.74. The fourth-order valence-electron chi connectivity index (χ4n) is 5.04. The summed E-state index contributed by atoms with van der Waals surface area (Å²) >= 11 is 0. The molecule has 0 saturated carbocycles. The largest absolute Gasteiger partial charge is 0.493 e. The van der Waals surface area contributed by atoms with Crippen molar-refractivity contribution in [2.75, 3.05) is 50.5 Å². The Morgan fingerprint density at radius 3 is 2.68 bits per heavy atom. The van der Waals surface area contributed by atoms with Gasteiger partial charge in [-0.2, -0.15) is 13.2 Å². The zero-order valence-electron chi connectivity index (χ0n) is 20.5. The minimum Gasteiger partial charge on any atom is -0.493 e. The molecule has 2 N–H and O–H groups in total. The van der Waals surface area contributed by atoms with Crippen molar-refractivity contribution in [3.05, 3.63) is 59.2 Å². The van der Waals surface area contributed by atoms with E-state index in [2.05, 4.69) is 27.5 Å². The molecule has 5 rings (SSSR count). The number of hydrogen-bond acceptors (Lipinski definition) is 5. The van der Waals surface area contributed by atoms with Gasteiger partial charge in [-0.15, -0.1) is 0 Å². The van der Waals surface area contributed by atoms with E-state index in [1.807, 2.05) is 6.07 Å². The Hall–Kier alpha value is -3.37. The van der Waals surface area contributed by atoms with E-state index in [1.165, 1.54) is 12.1 Å². The quantitative estimate of drug-likeness (QED) is 0.606. The molecule has 0 bridgehead atoms. The van der Waals surface area contributed by atoms with E-state index >= 15 is 0 Å². The number of allylic oxidation sites excluding steroid dienone is 1. The molecule has 2 amide bonds. The predicted molar refractivity (Wildman–Crippen MR) is 134 cm³/mol. The van der Waals surface area contributed by atoms with Gasteiger partial charge in [-0.05, 0) is 67.8 Å². The maximum atomic E-state index is 13.3. The first-order chi connectivity index (χ1) is 17.7. The van der Waals surface area contributed by atoms with Gasteiger partial charge in [0.05, 0.1) is 18.2 Å². The number of fused-ring (bicyclic) bond motifs is 2. The minimum atomic E-state index is -4.49. The zero-order chi connectivity index (χ0) is 26.2. The van der Waals surface area contributed by atoms with Crippen molar-refractivity contribution in [3.63, 3.8) is 0 Å². The van der Waals surface area contributed by atoms with Crippen molar-refractivity contribution in [3.8, 4) is 5.75 Å². The van der Waals surface area contributed by atoms with Crippen molar-refractivity contribution in [1.29, 1.82) is 0 Å². The fraction of sp³-hybridized carbons (Fsp3) is 0.407. The molecule has 0 aromatic heterocycles. The van der Waals surface area contributed by atoms with Crippen molar-refractivity contribution < 1.29 is 27.5 Å². The van der Waals surface area contributed by atoms with Crippen molar-refractivity contribution in [2.24, 2.45) is 0 Å². The lowest BCUT2D eigenvalue weighted by Gasteiger charge is -2.39. The Morgan fingerprint density at radius 1 is 1.14 bits per heavy atom. The number of ether oxygens (including phenoxy) is 1. The van der Waals surface area contributed by atoms with Gasteiger partial charge in [-0.1, -0.05) is 6.07 Å². The Labute approximate surface area is 213 Å². The Balaban J connectivity index is 1.31. The van der Waals surface area contributed by atoms with E-state index in [0.717, 1.165) is 43.9 Å². The first kappa shape index (κ1) is 25.3. The lowest BCUT2D eigenvalue weighted by molar-refractivity contribution is -0.137. The summed E-state index contributed by atoms with van der Waals surface area (Å²) in [6.45, 7) is 3.88. The van der Waals surface area contributed by atoms with Crippen LogP contribution >= 0.6 is 0 Å². The summed E-state index contributed by atoms with van der Waals surface area (Å²) in [6, 6.07) is 8.49. The molecule has 3 heterocycles. The number of nitrogens with zero attached hydrogens (tertiary/aromatic N) is 2. The molecule has 0 aliphatic carbocycles. The van der Waals surface area contributed by atoms with Gasteiger partial charge in [0.15, 0.2) is 0 Å². The maximum absolute atomic E-state index is 13.3. The molecule has 196 valence electrons. The van der Waals surface area contributed by atoms with Gasteiger partial charge < -0.3 is 20.3 Å². The standard InChI is InChI=1S/C27H29F3N4O3/c1-33-8-10-34(11-9-33)23-13-18-4-6-20(16-22(18)32-26(23)36)31-25(35)14-17-3-2-12-37-24-7-5-19(15-21(17)24)27(28,29)30/h4-7,14-16,23H,2-3,8-13H2,1H3,(H,31,35)(H,32,36)/b17-14+. The second kappa shape index (κ2) is 10.2. The molecule has 10 heteroatoms. The Morgan fingerprint density at radius 2 is 1.92 bits per heavy atom. The SMILES string of the molecule is CN1CCN(C2Cc3ccc(NC(=O)/C=C4\CCCOc5ccc(C(F)(F)F)cc54)cc3NC2=O)CC1. The number of amides is 2. The molecule has 7 nitrogen and oxygen atoms in total. The maximum Gasteiger partial charge on any atom is 0.416 e. The number of carbonyl (C=O) groups is 2. The highest BCUT2D eigenvalue weighted by Crippen LogP contribution is 2.38. The number of nitrogens with one attached hydrogen (secondary N) is 2. The lowest BCUT2D eigenvalue weighted by Crippen LogP contribution is -2.54. The van der Waals surface area contributed by atoms with Crippen LogP contribution in [-0.4, -0.2) is 67.5 Å². The van der Waals surface area contributed by atoms with Crippen LogP contribution in [0.15, 0.2) is 42.5 Å². The number of likely N-dealkylation sites (N-methyl/N-ethyl adjacent to an activating group) is 1. The molecule has 1 fully saturated rings. The van der Waals surface area contributed by atoms with Crippen LogP contribution in [0.2, 0.25) is 0 Å². The molecule has 1 saturated heterocycles. The van der Waals surface area contributed by atoms with Gasteiger partial charge >= 0.3 is 6.18 Å². The highest BCUT2D eigenvalue weighted by atomic mass is 19.4. The Bertz CT molecular complexity index is 1240. The molecule has 2 aromatic rings. The van der Waals surface area contributed by atoms with Crippen LogP contribution in [0.4, 0.5) is 24.5 Å². The van der Waals surface area contributed by atoms with E-state index in [1.54, 1.807) is 12.1 Å². The lowest BCUT2D eigenvalue weighted by atomic mass is 9.96. The van der Waals surface area contributed by atoms with Crippen LogP contribution in [0, 0.1) is 0 Å². The number of piperazine rings is 1. The average molecular weight is 515 g/mol. The van der Waals surface area contributed by atoms with Crippen LogP contribution in [0.5, 0.6) is 5.75 Å². The highest BCUT2D eigenvalue weighted by Gasteiger charge is 2.33. The van der Waals surface area contributed by atoms with Gasteiger partial charge in [0.25, 0.3) is 0 Å².